The third-order valence-electron chi connectivity index (χ3n) is 9.02. The second-order valence-corrected chi connectivity index (χ2v) is 12.4. The Morgan fingerprint density at radius 1 is 0.826 bits per heavy atom. The molecule has 0 saturated carbocycles. The van der Waals surface area contributed by atoms with E-state index >= 15 is 0 Å². The Bertz CT molecular complexity index is 1740. The molecule has 7 heteroatoms. The predicted octanol–water partition coefficient (Wildman–Crippen LogP) is 10.2. The zero-order valence-electron chi connectivity index (χ0n) is 27.0. The van der Waals surface area contributed by atoms with Gasteiger partial charge in [0.05, 0.1) is 29.0 Å². The smallest absolute Gasteiger partial charge is 0.343 e. The Kier molecular flexibility index (Phi) is 8.93. The first kappa shape index (κ1) is 31.1. The van der Waals surface area contributed by atoms with Crippen LogP contribution in [-0.4, -0.2) is 25.3 Å². The highest BCUT2D eigenvalue weighted by atomic mass is 16.5. The Labute approximate surface area is 271 Å². The van der Waals surface area contributed by atoms with Gasteiger partial charge >= 0.3 is 5.97 Å². The van der Waals surface area contributed by atoms with E-state index in [2.05, 4.69) is 79.4 Å². The van der Waals surface area contributed by atoms with Gasteiger partial charge in [0.2, 0.25) is 5.72 Å². The lowest BCUT2D eigenvalue weighted by Crippen LogP contribution is -2.58. The first-order valence-electron chi connectivity index (χ1n) is 16.1. The van der Waals surface area contributed by atoms with E-state index < -0.39 is 11.7 Å². The van der Waals surface area contributed by atoms with Gasteiger partial charge in [-0.05, 0) is 111 Å². The van der Waals surface area contributed by atoms with Gasteiger partial charge < -0.3 is 19.1 Å². The molecule has 2 heterocycles. The van der Waals surface area contributed by atoms with Gasteiger partial charge in [0.1, 0.15) is 17.2 Å². The molecule has 46 heavy (non-hydrogen) atoms. The normalized spacial score (nSPS) is 17.5. The van der Waals surface area contributed by atoms with Gasteiger partial charge in [0, 0.05) is 18.3 Å². The fourth-order valence-corrected chi connectivity index (χ4v) is 6.27. The molecule has 0 fully saturated rings. The number of rotatable bonds is 11. The summed E-state index contributed by atoms with van der Waals surface area (Å²) in [6, 6.07) is 28.3. The van der Waals surface area contributed by atoms with E-state index in [1.165, 1.54) is 36.9 Å². The maximum Gasteiger partial charge on any atom is 0.343 e. The van der Waals surface area contributed by atoms with Gasteiger partial charge in [0.15, 0.2) is 0 Å². The number of para-hydroxylation sites is 1. The van der Waals surface area contributed by atoms with Crippen LogP contribution in [0.25, 0.3) is 6.08 Å². The summed E-state index contributed by atoms with van der Waals surface area (Å²) in [5.74, 6) is 1.57. The van der Waals surface area contributed by atoms with Crippen molar-refractivity contribution in [3.8, 4) is 17.2 Å². The van der Waals surface area contributed by atoms with Crippen LogP contribution in [0, 0.1) is 0 Å². The number of fused-ring (bicyclic) bond motifs is 2. The first-order chi connectivity index (χ1) is 22.3. The molecule has 2 aliphatic rings. The summed E-state index contributed by atoms with van der Waals surface area (Å²) in [7, 11) is 2.09. The van der Waals surface area contributed by atoms with Crippen molar-refractivity contribution >= 4 is 29.1 Å². The fourth-order valence-electron chi connectivity index (χ4n) is 6.27. The van der Waals surface area contributed by atoms with Crippen LogP contribution in [0.15, 0.2) is 107 Å². The lowest BCUT2D eigenvalue weighted by Gasteiger charge is -2.45. The number of esters is 1. The van der Waals surface area contributed by atoms with Crippen LogP contribution in [0.4, 0.5) is 17.1 Å². The average molecular weight is 616 g/mol. The topological polar surface area (TPSA) is 72.7 Å². The molecule has 1 atom stereocenters. The van der Waals surface area contributed by atoms with Crippen LogP contribution in [0.5, 0.6) is 17.2 Å². The lowest BCUT2D eigenvalue weighted by molar-refractivity contribution is 0.0582. The average Bonchev–Trinajstić information content (AvgIpc) is 3.24. The molecule has 0 aromatic heterocycles. The number of azo groups is 1. The van der Waals surface area contributed by atoms with Crippen molar-refractivity contribution in [3.63, 3.8) is 0 Å². The van der Waals surface area contributed by atoms with Crippen molar-refractivity contribution in [1.82, 2.24) is 0 Å². The van der Waals surface area contributed by atoms with Crippen molar-refractivity contribution < 1.29 is 19.0 Å². The summed E-state index contributed by atoms with van der Waals surface area (Å²) in [4.78, 5) is 14.9. The van der Waals surface area contributed by atoms with Gasteiger partial charge in [-0.3, -0.25) is 0 Å². The van der Waals surface area contributed by atoms with Crippen LogP contribution in [0.3, 0.4) is 0 Å². The van der Waals surface area contributed by atoms with Crippen LogP contribution < -0.4 is 19.1 Å². The highest BCUT2D eigenvalue weighted by molar-refractivity contribution is 5.91. The fraction of sp³-hybridized carbons (Fsp3) is 0.308. The number of anilines is 1. The van der Waals surface area contributed by atoms with Crippen molar-refractivity contribution in [1.29, 1.82) is 0 Å². The van der Waals surface area contributed by atoms with Crippen LogP contribution in [0.2, 0.25) is 0 Å². The van der Waals surface area contributed by atoms with E-state index in [9.17, 15) is 4.79 Å². The van der Waals surface area contributed by atoms with E-state index in [0.717, 1.165) is 23.5 Å². The zero-order valence-corrected chi connectivity index (χ0v) is 27.0. The molecule has 1 unspecified atom stereocenters. The summed E-state index contributed by atoms with van der Waals surface area (Å²) < 4.78 is 18.1. The van der Waals surface area contributed by atoms with Gasteiger partial charge in [-0.2, -0.15) is 10.2 Å². The second kappa shape index (κ2) is 13.2. The number of carbonyl (C=O) groups excluding carboxylic acids is 1. The maximum atomic E-state index is 12.7. The molecule has 2 aliphatic heterocycles. The minimum Gasteiger partial charge on any atom is -0.494 e. The summed E-state index contributed by atoms with van der Waals surface area (Å²) in [5.41, 5.74) is 4.33. The quantitative estimate of drug-likeness (QED) is 0.0726. The molecule has 0 N–H and O–H groups in total. The van der Waals surface area contributed by atoms with E-state index in [4.69, 9.17) is 14.2 Å². The Balaban J connectivity index is 1.04. The molecule has 4 aromatic rings. The van der Waals surface area contributed by atoms with Crippen molar-refractivity contribution in [2.75, 3.05) is 18.6 Å². The van der Waals surface area contributed by atoms with Gasteiger partial charge in [0.25, 0.3) is 0 Å². The minimum atomic E-state index is -0.622. The van der Waals surface area contributed by atoms with E-state index in [1.54, 1.807) is 48.5 Å². The van der Waals surface area contributed by atoms with Crippen molar-refractivity contribution in [2.24, 2.45) is 10.2 Å². The summed E-state index contributed by atoms with van der Waals surface area (Å²) in [6.45, 7) is 7.34. The van der Waals surface area contributed by atoms with Crippen molar-refractivity contribution in [2.45, 2.75) is 64.0 Å². The van der Waals surface area contributed by atoms with Gasteiger partial charge in [-0.25, -0.2) is 4.79 Å². The molecule has 0 amide bonds. The van der Waals surface area contributed by atoms with E-state index in [1.807, 2.05) is 18.2 Å². The van der Waals surface area contributed by atoms with Gasteiger partial charge in [-0.15, -0.1) is 0 Å². The molecule has 236 valence electrons. The maximum absolute atomic E-state index is 12.7. The second-order valence-electron chi connectivity index (χ2n) is 12.4. The number of likely N-dealkylation sites (N-methyl/N-ethyl adjacent to an activating group) is 1. The minimum absolute atomic E-state index is 0.252. The lowest BCUT2D eigenvalue weighted by atomic mass is 9.76. The Hall–Kier alpha value is -4.91. The summed E-state index contributed by atoms with van der Waals surface area (Å²) >= 11 is 0. The molecule has 0 aliphatic carbocycles. The van der Waals surface area contributed by atoms with E-state index in [0.29, 0.717) is 29.3 Å². The molecule has 0 saturated heterocycles. The third-order valence-corrected chi connectivity index (χ3v) is 9.02. The molecule has 6 rings (SSSR count). The molecular formula is C39H41N3O4. The SMILES string of the molecule is CCCCCCCOc1ccc(C(=O)Oc2ccc(N=Nc3ccc4c(c3)C=CC3(O4)N(C)c4ccccc4C3(C)C)cc2)cc1. The summed E-state index contributed by atoms with van der Waals surface area (Å²) in [6.07, 6.45) is 10.2. The van der Waals surface area contributed by atoms with Crippen LogP contribution in [-0.2, 0) is 5.41 Å². The number of unbranched alkanes of at least 4 members (excludes halogenated alkanes) is 4. The number of hydrogen-bond donors (Lipinski definition) is 0. The predicted molar refractivity (Wildman–Crippen MR) is 183 cm³/mol. The van der Waals surface area contributed by atoms with Gasteiger partial charge in [-0.1, -0.05) is 50.8 Å². The third kappa shape index (κ3) is 6.14. The van der Waals surface area contributed by atoms with Crippen LogP contribution in [0.1, 0.15) is 74.4 Å². The number of nitrogens with zero attached hydrogens (tertiary/aromatic N) is 3. The Morgan fingerprint density at radius 2 is 1.52 bits per heavy atom. The molecule has 0 bridgehead atoms. The first-order valence-corrected chi connectivity index (χ1v) is 16.1. The highest BCUT2D eigenvalue weighted by Crippen LogP contribution is 2.54. The number of benzene rings is 4. The number of ether oxygens (including phenoxy) is 3. The van der Waals surface area contributed by atoms with Crippen LogP contribution >= 0.6 is 0 Å². The summed E-state index contributed by atoms with van der Waals surface area (Å²) in [5, 5.41) is 8.83. The highest BCUT2D eigenvalue weighted by Gasteiger charge is 2.57. The number of hydrogen-bond acceptors (Lipinski definition) is 7. The molecule has 7 nitrogen and oxygen atoms in total. The molecule has 1 spiro atoms. The Morgan fingerprint density at radius 3 is 2.28 bits per heavy atom. The zero-order chi connectivity index (χ0) is 32.1. The molecule has 4 aromatic carbocycles. The van der Waals surface area contributed by atoms with E-state index in [-0.39, 0.29) is 5.41 Å². The molecule has 0 radical (unpaired) electrons. The monoisotopic (exact) mass is 615 g/mol. The number of carbonyl (C=O) groups is 1. The van der Waals surface area contributed by atoms with Crippen molar-refractivity contribution in [3.05, 3.63) is 114 Å². The molecular weight excluding hydrogens is 574 g/mol. The largest absolute Gasteiger partial charge is 0.494 e. The standard InChI is InChI=1S/C39H41N3O4/c1-5-6-7-8-11-26-44-32-19-14-28(15-20-32)37(43)45-33-21-16-30(17-22-33)40-41-31-18-23-36-29(27-31)24-25-39(46-36)38(2,3)34-12-9-10-13-35(34)42(39)4/h9-10,12-25,27H,5-8,11,26H2,1-4H3.